The summed E-state index contributed by atoms with van der Waals surface area (Å²) in [5.41, 5.74) is 0. The molecule has 0 saturated carbocycles. The van der Waals surface area contributed by atoms with E-state index in [9.17, 15) is 40.5 Å². The Balaban J connectivity index is 1.77. The second kappa shape index (κ2) is 41.3. The summed E-state index contributed by atoms with van der Waals surface area (Å²) in [6.07, 6.45) is 32.7. The van der Waals surface area contributed by atoms with Crippen LogP contribution in [0, 0.1) is 0 Å². The van der Waals surface area contributed by atoms with Crippen LogP contribution >= 0.6 is 0 Å². The quantitative estimate of drug-likeness (QED) is 0.0175. The molecule has 0 amide bonds. The molecule has 0 spiro atoms. The van der Waals surface area contributed by atoms with Crippen LogP contribution in [0.25, 0.3) is 0 Å². The molecule has 0 aromatic rings. The number of unbranched alkanes of at least 4 members (excludes halogenated alkanes) is 17. The van der Waals surface area contributed by atoms with Crippen molar-refractivity contribution in [1.82, 2.24) is 0 Å². The maximum atomic E-state index is 13.0. The number of aliphatic hydroxyl groups is 7. The maximum Gasteiger partial charge on any atom is 0.306 e. The van der Waals surface area contributed by atoms with Crippen molar-refractivity contribution in [1.29, 1.82) is 0 Å². The van der Waals surface area contributed by atoms with Gasteiger partial charge in [0, 0.05) is 13.0 Å². The second-order valence-electron chi connectivity index (χ2n) is 18.3. The highest BCUT2D eigenvalue weighted by Gasteiger charge is 2.47. The van der Waals surface area contributed by atoms with Gasteiger partial charge in [0.15, 0.2) is 12.6 Å². The summed E-state index contributed by atoms with van der Waals surface area (Å²) in [5.74, 6) is -0.392. The van der Waals surface area contributed by atoms with E-state index in [0.717, 1.165) is 89.9 Å². The van der Waals surface area contributed by atoms with Gasteiger partial charge in [-0.05, 0) is 77.0 Å². The summed E-state index contributed by atoms with van der Waals surface area (Å²) in [6.45, 7) is 3.51. The number of hydrogen-bond acceptors (Lipinski definition) is 14. The molecule has 0 aromatic carbocycles. The average molecular weight is 967 g/mol. The Morgan fingerprint density at radius 2 is 0.956 bits per heavy atom. The molecular weight excluding hydrogens is 873 g/mol. The first-order chi connectivity index (χ1) is 33.1. The zero-order valence-corrected chi connectivity index (χ0v) is 41.8. The van der Waals surface area contributed by atoms with E-state index in [0.29, 0.717) is 13.0 Å². The second-order valence-corrected chi connectivity index (χ2v) is 18.3. The third-order valence-electron chi connectivity index (χ3n) is 12.3. The number of rotatable bonds is 41. The molecule has 68 heavy (non-hydrogen) atoms. The van der Waals surface area contributed by atoms with Crippen molar-refractivity contribution in [2.45, 2.75) is 242 Å². The number of carbonyl (C=O) groups is 1. The molecule has 2 fully saturated rings. The number of carbonyl (C=O) groups excluding carboxylic acids is 1. The van der Waals surface area contributed by atoms with E-state index in [1.165, 1.54) is 57.8 Å². The molecule has 2 aliphatic heterocycles. The summed E-state index contributed by atoms with van der Waals surface area (Å²) in [6, 6.07) is 0. The van der Waals surface area contributed by atoms with Gasteiger partial charge in [-0.15, -0.1) is 0 Å². The van der Waals surface area contributed by atoms with Crippen LogP contribution in [0.4, 0.5) is 0 Å². The third kappa shape index (κ3) is 28.5. The van der Waals surface area contributed by atoms with Gasteiger partial charge in [-0.3, -0.25) is 4.79 Å². The van der Waals surface area contributed by atoms with Gasteiger partial charge in [0.1, 0.15) is 54.9 Å². The van der Waals surface area contributed by atoms with E-state index in [1.54, 1.807) is 0 Å². The van der Waals surface area contributed by atoms with Crippen LogP contribution in [0.1, 0.15) is 174 Å². The Kier molecular flexibility index (Phi) is 37.6. The van der Waals surface area contributed by atoms with Gasteiger partial charge in [-0.2, -0.15) is 0 Å². The molecule has 2 heterocycles. The molecule has 14 nitrogen and oxygen atoms in total. The van der Waals surface area contributed by atoms with Crippen molar-refractivity contribution >= 4 is 5.97 Å². The van der Waals surface area contributed by atoms with E-state index >= 15 is 0 Å². The monoisotopic (exact) mass is 967 g/mol. The molecule has 394 valence electrons. The lowest BCUT2D eigenvalue weighted by Crippen LogP contribution is -2.61. The first-order valence-corrected chi connectivity index (χ1v) is 26.4. The van der Waals surface area contributed by atoms with E-state index in [4.69, 9.17) is 28.4 Å². The molecule has 0 aliphatic carbocycles. The van der Waals surface area contributed by atoms with Crippen molar-refractivity contribution in [2.75, 3.05) is 33.0 Å². The van der Waals surface area contributed by atoms with Crippen molar-refractivity contribution in [2.24, 2.45) is 0 Å². The fraction of sp³-hybridized carbons (Fsp3) is 0.796. The number of ether oxygens (including phenoxy) is 6. The van der Waals surface area contributed by atoms with Gasteiger partial charge in [0.05, 0.1) is 26.4 Å². The Hall–Kier alpha value is -2.31. The summed E-state index contributed by atoms with van der Waals surface area (Å²) >= 11 is 0. The maximum absolute atomic E-state index is 13.0. The molecule has 2 aliphatic rings. The van der Waals surface area contributed by atoms with Gasteiger partial charge >= 0.3 is 5.97 Å². The van der Waals surface area contributed by atoms with Crippen LogP contribution < -0.4 is 0 Å². The highest BCUT2D eigenvalue weighted by atomic mass is 16.7. The fourth-order valence-electron chi connectivity index (χ4n) is 7.98. The molecule has 0 aromatic heterocycles. The van der Waals surface area contributed by atoms with Gasteiger partial charge in [-0.1, -0.05) is 152 Å². The van der Waals surface area contributed by atoms with Crippen molar-refractivity contribution in [3.8, 4) is 0 Å². The standard InChI is InChI=1S/C54H94O14/c1-3-5-7-9-11-13-15-17-19-21-23-25-27-29-31-33-35-37-46(56)66-43(40-63-38-36-34-32-30-28-26-24-22-20-18-16-14-12-10-8-6-4-2)41-64-53-52(62)50(60)48(58)45(68-53)42-65-54-51(61)49(59)47(57)44(39-55)67-54/h5,7,11,13-14,16-17,19-20,22,43-45,47-55,57-62H,3-4,6,8-10,12,15,18,21,23-42H2,1-2H3/b7-5-,13-11-,16-14-,19-17-,22-20-. The number of esters is 1. The number of hydrogen-bond donors (Lipinski definition) is 7. The Bertz CT molecular complexity index is 1350. The molecule has 7 N–H and O–H groups in total. The summed E-state index contributed by atoms with van der Waals surface area (Å²) in [5, 5.41) is 72.2. The smallest absolute Gasteiger partial charge is 0.306 e. The zero-order valence-electron chi connectivity index (χ0n) is 41.8. The van der Waals surface area contributed by atoms with Gasteiger partial charge in [-0.25, -0.2) is 0 Å². The van der Waals surface area contributed by atoms with Crippen molar-refractivity contribution in [3.63, 3.8) is 0 Å². The first-order valence-electron chi connectivity index (χ1n) is 26.4. The van der Waals surface area contributed by atoms with Crippen molar-refractivity contribution < 1.29 is 69.0 Å². The predicted octanol–water partition coefficient (Wildman–Crippen LogP) is 8.13. The minimum absolute atomic E-state index is 0.0479. The van der Waals surface area contributed by atoms with Crippen LogP contribution in [0.2, 0.25) is 0 Å². The Morgan fingerprint density at radius 1 is 0.500 bits per heavy atom. The number of allylic oxidation sites excluding steroid dienone is 10. The normalized spacial score (nSPS) is 26.4. The lowest BCUT2D eigenvalue weighted by molar-refractivity contribution is -0.332. The Morgan fingerprint density at radius 3 is 1.50 bits per heavy atom. The minimum Gasteiger partial charge on any atom is -0.457 e. The molecule has 0 bridgehead atoms. The van der Waals surface area contributed by atoms with Gasteiger partial charge in [0.2, 0.25) is 0 Å². The summed E-state index contributed by atoms with van der Waals surface area (Å²) in [7, 11) is 0. The first kappa shape index (κ1) is 61.8. The van der Waals surface area contributed by atoms with E-state index in [1.807, 2.05) is 0 Å². The SMILES string of the molecule is CC/C=C\C/C=C\C/C=C\CCCCCCCCCC(=O)OC(COCCCCCCCC/C=C\C/C=C\CCCCCC)COC1OC(COC2OC(CO)C(O)C(O)C2O)C(O)C(O)C1O. The zero-order chi connectivity index (χ0) is 49.5. The van der Waals surface area contributed by atoms with Crippen LogP contribution in [-0.2, 0) is 33.2 Å². The van der Waals surface area contributed by atoms with Crippen LogP contribution in [0.15, 0.2) is 60.8 Å². The molecule has 11 unspecified atom stereocenters. The molecular formula is C54H94O14. The number of aliphatic hydroxyl groups excluding tert-OH is 7. The highest BCUT2D eigenvalue weighted by molar-refractivity contribution is 5.69. The third-order valence-corrected chi connectivity index (χ3v) is 12.3. The summed E-state index contributed by atoms with van der Waals surface area (Å²) in [4.78, 5) is 13.0. The van der Waals surface area contributed by atoms with Crippen molar-refractivity contribution in [3.05, 3.63) is 60.8 Å². The predicted molar refractivity (Wildman–Crippen MR) is 266 cm³/mol. The highest BCUT2D eigenvalue weighted by Crippen LogP contribution is 2.26. The van der Waals surface area contributed by atoms with Crippen LogP contribution in [0.3, 0.4) is 0 Å². The topological polar surface area (TPSA) is 214 Å². The van der Waals surface area contributed by atoms with E-state index < -0.39 is 86.7 Å². The molecule has 11 atom stereocenters. The van der Waals surface area contributed by atoms with E-state index in [2.05, 4.69) is 74.6 Å². The lowest BCUT2D eigenvalue weighted by atomic mass is 9.98. The van der Waals surface area contributed by atoms with Crippen LogP contribution in [-0.4, -0.2) is 142 Å². The van der Waals surface area contributed by atoms with Gasteiger partial charge < -0.3 is 64.2 Å². The average Bonchev–Trinajstić information content (AvgIpc) is 3.33. The summed E-state index contributed by atoms with van der Waals surface area (Å²) < 4.78 is 34.3. The fourth-order valence-corrected chi connectivity index (χ4v) is 7.98. The molecule has 2 rings (SSSR count). The molecule has 0 radical (unpaired) electrons. The lowest BCUT2D eigenvalue weighted by Gasteiger charge is -2.42. The van der Waals surface area contributed by atoms with Crippen LogP contribution in [0.5, 0.6) is 0 Å². The minimum atomic E-state index is -1.71. The largest absolute Gasteiger partial charge is 0.457 e. The van der Waals surface area contributed by atoms with E-state index in [-0.39, 0.29) is 19.6 Å². The molecule has 2 saturated heterocycles. The molecule has 14 heteroatoms. The van der Waals surface area contributed by atoms with Gasteiger partial charge in [0.25, 0.3) is 0 Å². The Labute approximate surface area is 409 Å².